The van der Waals surface area contributed by atoms with Crippen molar-refractivity contribution in [2.24, 2.45) is 0 Å². The minimum absolute atomic E-state index is 0.338. The van der Waals surface area contributed by atoms with Crippen molar-refractivity contribution in [1.29, 1.82) is 0 Å². The number of carbonyl (C=O) groups excluding carboxylic acids is 2. The minimum Gasteiger partial charge on any atom is -0.497 e. The Morgan fingerprint density at radius 1 is 0.839 bits per heavy atom. The second-order valence-electron chi connectivity index (χ2n) is 7.20. The Morgan fingerprint density at radius 3 is 2.13 bits per heavy atom. The van der Waals surface area contributed by atoms with E-state index in [1.807, 2.05) is 44.2 Å². The highest BCUT2D eigenvalue weighted by Gasteiger charge is 2.40. The summed E-state index contributed by atoms with van der Waals surface area (Å²) in [5, 5.41) is 0.612. The van der Waals surface area contributed by atoms with Gasteiger partial charge in [-0.3, -0.25) is 9.59 Å². The lowest BCUT2D eigenvalue weighted by molar-refractivity contribution is -0.119. The fourth-order valence-corrected chi connectivity index (χ4v) is 4.46. The number of halogens is 1. The Kier molecular flexibility index (Phi) is 5.90. The van der Waals surface area contributed by atoms with Crippen LogP contribution in [-0.4, -0.2) is 18.9 Å². The smallest absolute Gasteiger partial charge is 0.272 e. The summed E-state index contributed by atoms with van der Waals surface area (Å²) < 4.78 is 5.20. The van der Waals surface area contributed by atoms with E-state index >= 15 is 0 Å². The van der Waals surface area contributed by atoms with Crippen LogP contribution in [0.3, 0.4) is 0 Å². The van der Waals surface area contributed by atoms with Crippen molar-refractivity contribution in [1.82, 2.24) is 0 Å². The van der Waals surface area contributed by atoms with Crippen molar-refractivity contribution in [3.05, 3.63) is 93.3 Å². The number of imide groups is 1. The normalized spacial score (nSPS) is 13.9. The summed E-state index contributed by atoms with van der Waals surface area (Å²) in [5.74, 6) is -0.0285. The second-order valence-corrected chi connectivity index (χ2v) is 8.72. The molecule has 1 aliphatic heterocycles. The number of anilines is 1. The molecule has 0 bridgehead atoms. The van der Waals surface area contributed by atoms with Crippen LogP contribution in [0, 0.1) is 13.8 Å². The van der Waals surface area contributed by atoms with Crippen LogP contribution in [0.1, 0.15) is 16.7 Å². The molecule has 1 aliphatic rings. The third-order valence-electron chi connectivity index (χ3n) is 5.20. The first-order valence-electron chi connectivity index (χ1n) is 9.67. The number of thioether (sulfide) groups is 1. The molecule has 0 fully saturated rings. The summed E-state index contributed by atoms with van der Waals surface area (Å²) in [7, 11) is 1.57. The molecule has 6 heteroatoms. The Morgan fingerprint density at radius 2 is 1.52 bits per heavy atom. The number of carbonyl (C=O) groups is 2. The fourth-order valence-electron chi connectivity index (χ4n) is 3.34. The number of nitrogens with zero attached hydrogens (tertiary/aromatic N) is 1. The van der Waals surface area contributed by atoms with E-state index in [0.717, 1.165) is 21.6 Å². The lowest BCUT2D eigenvalue weighted by atomic mass is 10.0. The highest BCUT2D eigenvalue weighted by Crippen LogP contribution is 2.42. The molecule has 3 aromatic carbocycles. The zero-order valence-corrected chi connectivity index (χ0v) is 18.9. The molecule has 0 aliphatic carbocycles. The van der Waals surface area contributed by atoms with Gasteiger partial charge in [0.15, 0.2) is 0 Å². The molecule has 0 saturated heterocycles. The number of hydrogen-bond acceptors (Lipinski definition) is 4. The predicted octanol–water partition coefficient (Wildman–Crippen LogP) is 6.04. The summed E-state index contributed by atoms with van der Waals surface area (Å²) in [6, 6.07) is 19.9. The zero-order chi connectivity index (χ0) is 22.1. The topological polar surface area (TPSA) is 46.6 Å². The van der Waals surface area contributed by atoms with E-state index in [-0.39, 0.29) is 11.8 Å². The van der Waals surface area contributed by atoms with Gasteiger partial charge in [0.1, 0.15) is 5.75 Å². The Hall–Kier alpha value is -3.02. The molecule has 4 nitrogen and oxygen atoms in total. The van der Waals surface area contributed by atoms with Crippen molar-refractivity contribution in [3.63, 3.8) is 0 Å². The molecule has 0 atom stereocenters. The molecule has 1 heterocycles. The maximum Gasteiger partial charge on any atom is 0.272 e. The van der Waals surface area contributed by atoms with Crippen LogP contribution in [0.4, 0.5) is 5.69 Å². The molecule has 31 heavy (non-hydrogen) atoms. The van der Waals surface area contributed by atoms with E-state index in [2.05, 4.69) is 0 Å². The van der Waals surface area contributed by atoms with Crippen LogP contribution in [-0.2, 0) is 9.59 Å². The van der Waals surface area contributed by atoms with Gasteiger partial charge in [0.05, 0.1) is 23.3 Å². The second kappa shape index (κ2) is 8.61. The number of hydrogen-bond donors (Lipinski definition) is 0. The average Bonchev–Trinajstić information content (AvgIpc) is 3.01. The number of aryl methyl sites for hydroxylation is 2. The first-order valence-corrected chi connectivity index (χ1v) is 10.9. The number of amides is 2. The molecular weight excluding hydrogens is 430 g/mol. The molecule has 0 unspecified atom stereocenters. The summed E-state index contributed by atoms with van der Waals surface area (Å²) in [6.07, 6.45) is 0. The molecular formula is C25H20ClNO3S. The largest absolute Gasteiger partial charge is 0.497 e. The fraction of sp³-hybridized carbons (Fsp3) is 0.120. The van der Waals surface area contributed by atoms with Gasteiger partial charge < -0.3 is 4.74 Å². The molecule has 3 aromatic rings. The first-order chi connectivity index (χ1) is 14.9. The average molecular weight is 450 g/mol. The van der Waals surface area contributed by atoms with Crippen molar-refractivity contribution in [3.8, 4) is 5.75 Å². The molecule has 0 aromatic heterocycles. The van der Waals surface area contributed by atoms with E-state index in [1.54, 1.807) is 43.5 Å². The van der Waals surface area contributed by atoms with Crippen LogP contribution in [0.2, 0.25) is 5.02 Å². The summed E-state index contributed by atoms with van der Waals surface area (Å²) in [4.78, 5) is 29.4. The molecule has 156 valence electrons. The van der Waals surface area contributed by atoms with Crippen molar-refractivity contribution in [2.45, 2.75) is 18.7 Å². The lowest BCUT2D eigenvalue weighted by Gasteiger charge is -2.15. The van der Waals surface area contributed by atoms with Crippen LogP contribution in [0.25, 0.3) is 5.57 Å². The maximum atomic E-state index is 13.5. The number of rotatable bonds is 5. The van der Waals surface area contributed by atoms with E-state index in [4.69, 9.17) is 16.3 Å². The standard InChI is InChI=1S/C25H20ClNO3S/c1-15-4-5-17(14-16(15)2)22-23(31-21-12-6-18(26)7-13-21)25(29)27(24(22)28)19-8-10-20(30-3)11-9-19/h4-14H,1-3H3. The van der Waals surface area contributed by atoms with E-state index in [1.165, 1.54) is 16.7 Å². The summed E-state index contributed by atoms with van der Waals surface area (Å²) in [6.45, 7) is 4.01. The quantitative estimate of drug-likeness (QED) is 0.445. The van der Waals surface area contributed by atoms with Gasteiger partial charge >= 0.3 is 0 Å². The SMILES string of the molecule is COc1ccc(N2C(=O)C(Sc3ccc(Cl)cc3)=C(c3ccc(C)c(C)c3)C2=O)cc1. The minimum atomic E-state index is -0.344. The Labute approximate surface area is 190 Å². The third-order valence-corrected chi connectivity index (χ3v) is 6.54. The van der Waals surface area contributed by atoms with Gasteiger partial charge in [-0.15, -0.1) is 0 Å². The van der Waals surface area contributed by atoms with Crippen molar-refractivity contribution < 1.29 is 14.3 Å². The number of benzene rings is 3. The van der Waals surface area contributed by atoms with E-state index in [9.17, 15) is 9.59 Å². The highest BCUT2D eigenvalue weighted by molar-refractivity contribution is 8.04. The summed E-state index contributed by atoms with van der Waals surface area (Å²) >= 11 is 7.28. The van der Waals surface area contributed by atoms with E-state index < -0.39 is 0 Å². The molecule has 0 radical (unpaired) electrons. The molecule has 0 spiro atoms. The zero-order valence-electron chi connectivity index (χ0n) is 17.3. The first kappa shape index (κ1) is 21.2. The van der Waals surface area contributed by atoms with Gasteiger partial charge in [0.25, 0.3) is 11.8 Å². The number of methoxy groups -OCH3 is 1. The van der Waals surface area contributed by atoms with Crippen LogP contribution in [0.5, 0.6) is 5.75 Å². The summed E-state index contributed by atoms with van der Waals surface area (Å²) in [5.41, 5.74) is 3.82. The molecule has 4 rings (SSSR count). The maximum absolute atomic E-state index is 13.5. The van der Waals surface area contributed by atoms with Gasteiger partial charge in [0, 0.05) is 9.92 Å². The third kappa shape index (κ3) is 4.11. The van der Waals surface area contributed by atoms with Gasteiger partial charge in [-0.1, -0.05) is 41.6 Å². The number of ether oxygens (including phenoxy) is 1. The Balaban J connectivity index is 1.81. The van der Waals surface area contributed by atoms with Gasteiger partial charge in [-0.05, 0) is 79.1 Å². The van der Waals surface area contributed by atoms with Crippen LogP contribution >= 0.6 is 23.4 Å². The lowest BCUT2D eigenvalue weighted by Crippen LogP contribution is -2.31. The van der Waals surface area contributed by atoms with E-state index in [0.29, 0.717) is 26.9 Å². The highest BCUT2D eigenvalue weighted by atomic mass is 35.5. The Bertz CT molecular complexity index is 1200. The molecule has 0 saturated carbocycles. The molecule has 2 amide bonds. The van der Waals surface area contributed by atoms with Crippen LogP contribution < -0.4 is 9.64 Å². The van der Waals surface area contributed by atoms with Gasteiger partial charge in [-0.2, -0.15) is 0 Å². The molecule has 0 N–H and O–H groups in total. The van der Waals surface area contributed by atoms with Crippen molar-refractivity contribution in [2.75, 3.05) is 12.0 Å². The van der Waals surface area contributed by atoms with Gasteiger partial charge in [0.2, 0.25) is 0 Å². The van der Waals surface area contributed by atoms with Crippen LogP contribution in [0.15, 0.2) is 76.5 Å². The predicted molar refractivity (Wildman–Crippen MR) is 126 cm³/mol. The van der Waals surface area contributed by atoms with Crippen molar-refractivity contribution >= 4 is 46.4 Å². The van der Waals surface area contributed by atoms with Gasteiger partial charge in [-0.25, -0.2) is 4.90 Å². The monoisotopic (exact) mass is 449 g/mol.